The Morgan fingerprint density at radius 3 is 2.71 bits per heavy atom. The highest BCUT2D eigenvalue weighted by molar-refractivity contribution is 7.17. The molecule has 35 heavy (non-hydrogen) atoms. The number of hydrogen-bond acceptors (Lipinski definition) is 5. The Morgan fingerprint density at radius 1 is 0.971 bits per heavy atom. The van der Waals surface area contributed by atoms with Crippen molar-refractivity contribution < 1.29 is 4.74 Å². The van der Waals surface area contributed by atoms with Crippen molar-refractivity contribution >= 4 is 60.5 Å². The monoisotopic (exact) mass is 503 g/mol. The second-order valence-corrected chi connectivity index (χ2v) is 10.2. The predicted molar refractivity (Wildman–Crippen MR) is 151 cm³/mol. The number of nitrogens with zero attached hydrogens (tertiary/aromatic N) is 2. The summed E-state index contributed by atoms with van der Waals surface area (Å²) in [5.41, 5.74) is 4.35. The van der Waals surface area contributed by atoms with Gasteiger partial charge in [0.1, 0.15) is 5.75 Å². The van der Waals surface area contributed by atoms with Crippen LogP contribution in [0.25, 0.3) is 31.9 Å². The van der Waals surface area contributed by atoms with Crippen LogP contribution in [0.2, 0.25) is 5.02 Å². The number of nitrogens with one attached hydrogen (secondary N) is 1. The highest BCUT2D eigenvalue weighted by Gasteiger charge is 2.12. The number of thiophene rings is 1. The van der Waals surface area contributed by atoms with E-state index in [1.54, 1.807) is 7.11 Å². The molecule has 0 amide bonds. The average molecular weight is 504 g/mol. The molecule has 3 aromatic carbocycles. The van der Waals surface area contributed by atoms with Gasteiger partial charge in [-0.3, -0.25) is 4.90 Å². The molecule has 0 bridgehead atoms. The van der Waals surface area contributed by atoms with Gasteiger partial charge in [-0.1, -0.05) is 36.7 Å². The Morgan fingerprint density at radius 2 is 1.86 bits per heavy atom. The van der Waals surface area contributed by atoms with Gasteiger partial charge in [-0.2, -0.15) is 0 Å². The Balaban J connectivity index is 1.33. The normalized spacial score (nSPS) is 11.7. The van der Waals surface area contributed by atoms with Gasteiger partial charge in [-0.25, -0.2) is 4.98 Å². The van der Waals surface area contributed by atoms with Crippen LogP contribution < -0.4 is 10.1 Å². The maximum Gasteiger partial charge on any atom is 0.119 e. The van der Waals surface area contributed by atoms with Crippen molar-refractivity contribution in [3.63, 3.8) is 0 Å². The van der Waals surface area contributed by atoms with E-state index in [1.807, 2.05) is 35.6 Å². The van der Waals surface area contributed by atoms with E-state index in [4.69, 9.17) is 21.3 Å². The SMILES string of the molecule is CCCN(CCCNc1c2ccc(Cl)cc2nc2ccc(OC)cc12)Cc1csc2ccccc12. The molecule has 0 fully saturated rings. The van der Waals surface area contributed by atoms with Crippen LogP contribution in [0, 0.1) is 0 Å². The van der Waals surface area contributed by atoms with E-state index in [-0.39, 0.29) is 0 Å². The molecule has 180 valence electrons. The third-order valence-electron chi connectivity index (χ3n) is 6.39. The number of anilines is 1. The Labute approximate surface area is 215 Å². The van der Waals surface area contributed by atoms with E-state index < -0.39 is 0 Å². The van der Waals surface area contributed by atoms with Crippen molar-refractivity contribution in [3.8, 4) is 5.75 Å². The molecule has 5 rings (SSSR count). The molecule has 1 N–H and O–H groups in total. The zero-order valence-corrected chi connectivity index (χ0v) is 21.8. The molecule has 0 spiro atoms. The molecule has 0 saturated heterocycles. The maximum absolute atomic E-state index is 6.27. The van der Waals surface area contributed by atoms with E-state index in [1.165, 1.54) is 15.6 Å². The van der Waals surface area contributed by atoms with Gasteiger partial charge in [0.15, 0.2) is 0 Å². The van der Waals surface area contributed by atoms with E-state index in [0.717, 1.165) is 72.3 Å². The summed E-state index contributed by atoms with van der Waals surface area (Å²) in [4.78, 5) is 7.41. The van der Waals surface area contributed by atoms with Crippen molar-refractivity contribution in [1.29, 1.82) is 0 Å². The van der Waals surface area contributed by atoms with Gasteiger partial charge in [-0.15, -0.1) is 11.3 Å². The number of methoxy groups -OCH3 is 1. The predicted octanol–water partition coefficient (Wildman–Crippen LogP) is 7.98. The van der Waals surface area contributed by atoms with Gasteiger partial charge < -0.3 is 10.1 Å². The van der Waals surface area contributed by atoms with Crippen LogP contribution in [0.15, 0.2) is 66.0 Å². The number of ether oxygens (including phenoxy) is 1. The fourth-order valence-electron chi connectivity index (χ4n) is 4.71. The first-order valence-electron chi connectivity index (χ1n) is 12.1. The standard InChI is InChI=1S/C29H30ClN3OS/c1-3-14-33(18-20-19-35-28-8-5-4-7-23(20)28)15-6-13-31-29-24-11-9-21(30)16-27(24)32-26-12-10-22(34-2)17-25(26)29/h4-5,7-12,16-17,19H,3,6,13-15,18H2,1-2H3,(H,31,32). The van der Waals surface area contributed by atoms with Crippen LogP contribution in [0.1, 0.15) is 25.3 Å². The molecular weight excluding hydrogens is 474 g/mol. The number of rotatable bonds is 10. The number of fused-ring (bicyclic) bond motifs is 3. The lowest BCUT2D eigenvalue weighted by Crippen LogP contribution is -2.26. The lowest BCUT2D eigenvalue weighted by atomic mass is 10.1. The highest BCUT2D eigenvalue weighted by Crippen LogP contribution is 2.34. The van der Waals surface area contributed by atoms with Crippen LogP contribution in [-0.4, -0.2) is 36.6 Å². The first kappa shape index (κ1) is 23.9. The zero-order chi connectivity index (χ0) is 24.2. The van der Waals surface area contributed by atoms with Gasteiger partial charge in [0.05, 0.1) is 23.8 Å². The molecule has 4 nitrogen and oxygen atoms in total. The maximum atomic E-state index is 6.27. The van der Waals surface area contributed by atoms with Crippen molar-refractivity contribution in [2.75, 3.05) is 32.1 Å². The molecular formula is C29H30ClN3OS. The molecule has 5 aromatic rings. The summed E-state index contributed by atoms with van der Waals surface area (Å²) < 4.78 is 6.86. The van der Waals surface area contributed by atoms with E-state index in [2.05, 4.69) is 58.9 Å². The molecule has 0 radical (unpaired) electrons. The Hall–Kier alpha value is -2.86. The van der Waals surface area contributed by atoms with Crippen molar-refractivity contribution in [2.24, 2.45) is 0 Å². The number of pyridine rings is 1. The molecule has 0 unspecified atom stereocenters. The van der Waals surface area contributed by atoms with Crippen molar-refractivity contribution in [1.82, 2.24) is 9.88 Å². The van der Waals surface area contributed by atoms with Crippen LogP contribution in [-0.2, 0) is 6.54 Å². The molecule has 0 saturated carbocycles. The molecule has 2 aromatic heterocycles. The summed E-state index contributed by atoms with van der Waals surface area (Å²) in [6.45, 7) is 6.26. The van der Waals surface area contributed by atoms with Crippen LogP contribution >= 0.6 is 22.9 Å². The number of aromatic nitrogens is 1. The summed E-state index contributed by atoms with van der Waals surface area (Å²) in [7, 11) is 1.70. The van der Waals surface area contributed by atoms with Crippen molar-refractivity contribution in [2.45, 2.75) is 26.3 Å². The largest absolute Gasteiger partial charge is 0.497 e. The summed E-state index contributed by atoms with van der Waals surface area (Å²) in [6, 6.07) is 20.6. The third-order valence-corrected chi connectivity index (χ3v) is 7.64. The quantitative estimate of drug-likeness (QED) is 0.155. The molecule has 6 heteroatoms. The molecule has 0 aliphatic rings. The number of benzene rings is 3. The van der Waals surface area contributed by atoms with Gasteiger partial charge in [-0.05, 0) is 78.2 Å². The highest BCUT2D eigenvalue weighted by atomic mass is 35.5. The van der Waals surface area contributed by atoms with Crippen LogP contribution in [0.5, 0.6) is 5.75 Å². The average Bonchev–Trinajstić information content (AvgIpc) is 3.28. The fraction of sp³-hybridized carbons (Fsp3) is 0.276. The van der Waals surface area contributed by atoms with Gasteiger partial charge in [0, 0.05) is 40.1 Å². The summed E-state index contributed by atoms with van der Waals surface area (Å²) in [5.74, 6) is 0.827. The lowest BCUT2D eigenvalue weighted by Gasteiger charge is -2.22. The van der Waals surface area contributed by atoms with Gasteiger partial charge in [0.2, 0.25) is 0 Å². The van der Waals surface area contributed by atoms with Crippen LogP contribution in [0.3, 0.4) is 0 Å². The fourth-order valence-corrected chi connectivity index (χ4v) is 5.83. The first-order valence-corrected chi connectivity index (χ1v) is 13.4. The Kier molecular flexibility index (Phi) is 7.37. The topological polar surface area (TPSA) is 37.4 Å². The summed E-state index contributed by atoms with van der Waals surface area (Å²) in [6.07, 6.45) is 2.20. The number of halogens is 1. The minimum atomic E-state index is 0.694. The second kappa shape index (κ2) is 10.8. The zero-order valence-electron chi connectivity index (χ0n) is 20.2. The summed E-state index contributed by atoms with van der Waals surface area (Å²) in [5, 5.41) is 10.3. The molecule has 0 aliphatic carbocycles. The van der Waals surface area contributed by atoms with E-state index in [0.29, 0.717) is 5.02 Å². The second-order valence-electron chi connectivity index (χ2n) is 8.84. The van der Waals surface area contributed by atoms with E-state index >= 15 is 0 Å². The minimum Gasteiger partial charge on any atom is -0.497 e. The lowest BCUT2D eigenvalue weighted by molar-refractivity contribution is 0.266. The van der Waals surface area contributed by atoms with Crippen LogP contribution in [0.4, 0.5) is 5.69 Å². The first-order chi connectivity index (χ1) is 17.2. The van der Waals surface area contributed by atoms with Gasteiger partial charge >= 0.3 is 0 Å². The smallest absolute Gasteiger partial charge is 0.119 e. The number of hydrogen-bond donors (Lipinski definition) is 1. The van der Waals surface area contributed by atoms with Crippen molar-refractivity contribution in [3.05, 3.63) is 76.6 Å². The molecule has 0 aliphatic heterocycles. The van der Waals surface area contributed by atoms with E-state index in [9.17, 15) is 0 Å². The summed E-state index contributed by atoms with van der Waals surface area (Å²) >= 11 is 8.11. The third kappa shape index (κ3) is 5.22. The minimum absolute atomic E-state index is 0.694. The molecule has 2 heterocycles. The van der Waals surface area contributed by atoms with Gasteiger partial charge in [0.25, 0.3) is 0 Å². The molecule has 0 atom stereocenters. The Bertz CT molecular complexity index is 1470.